The van der Waals surface area contributed by atoms with Crippen molar-refractivity contribution >= 4 is 0 Å². The summed E-state index contributed by atoms with van der Waals surface area (Å²) in [5, 5.41) is 51.7. The van der Waals surface area contributed by atoms with Crippen LogP contribution in [-0.2, 0) is 0 Å². The van der Waals surface area contributed by atoms with Crippen LogP contribution in [0.15, 0.2) is 0 Å². The van der Waals surface area contributed by atoms with E-state index in [0.29, 0.717) is 12.8 Å². The zero-order chi connectivity index (χ0) is 18.5. The fourth-order valence-electron chi connectivity index (χ4n) is 8.07. The maximum atomic E-state index is 11.1. The van der Waals surface area contributed by atoms with Gasteiger partial charge in [-0.05, 0) is 73.5 Å². The van der Waals surface area contributed by atoms with Crippen LogP contribution in [0.25, 0.3) is 0 Å². The molecule has 144 valence electrons. The number of hydrogen-bond donors (Lipinski definition) is 5. The molecule has 4 aliphatic rings. The van der Waals surface area contributed by atoms with Gasteiger partial charge in [-0.1, -0.05) is 20.8 Å². The van der Waals surface area contributed by atoms with Gasteiger partial charge in [-0.25, -0.2) is 0 Å². The topological polar surface area (TPSA) is 101 Å². The van der Waals surface area contributed by atoms with E-state index in [1.807, 2.05) is 0 Å². The Kier molecular flexibility index (Phi) is 3.63. The lowest BCUT2D eigenvalue weighted by atomic mass is 9.39. The zero-order valence-electron chi connectivity index (χ0n) is 15.7. The summed E-state index contributed by atoms with van der Waals surface area (Å²) in [5.74, 6) is -4.32. The van der Waals surface area contributed by atoms with E-state index in [1.165, 1.54) is 0 Å². The lowest BCUT2D eigenvalue weighted by Gasteiger charge is -2.67. The Hall–Kier alpha value is -0.200. The third-order valence-corrected chi connectivity index (χ3v) is 9.23. The molecule has 6 atom stereocenters. The van der Waals surface area contributed by atoms with E-state index >= 15 is 0 Å². The van der Waals surface area contributed by atoms with Crippen molar-refractivity contribution in [2.75, 3.05) is 0 Å². The molecule has 4 aliphatic carbocycles. The van der Waals surface area contributed by atoms with Gasteiger partial charge in [0.05, 0.1) is 0 Å². The monoisotopic (exact) mass is 354 g/mol. The second-order valence-electron chi connectivity index (χ2n) is 10.6. The molecule has 2 bridgehead atoms. The molecule has 0 aromatic rings. The van der Waals surface area contributed by atoms with Gasteiger partial charge in [0.2, 0.25) is 0 Å². The molecule has 0 heterocycles. The Balaban J connectivity index is 1.76. The zero-order valence-corrected chi connectivity index (χ0v) is 15.7. The second-order valence-corrected chi connectivity index (χ2v) is 10.6. The predicted molar refractivity (Wildman–Crippen MR) is 91.8 cm³/mol. The molecule has 0 aromatic heterocycles. The lowest BCUT2D eigenvalue weighted by Crippen LogP contribution is -2.67. The summed E-state index contributed by atoms with van der Waals surface area (Å²) in [5.41, 5.74) is -0.618. The summed E-state index contributed by atoms with van der Waals surface area (Å²) in [6, 6.07) is 0. The number of hydrogen-bond acceptors (Lipinski definition) is 5. The molecule has 0 aliphatic heterocycles. The first kappa shape index (κ1) is 18.2. The molecule has 0 amide bonds. The van der Waals surface area contributed by atoms with Gasteiger partial charge in [0, 0.05) is 17.8 Å². The van der Waals surface area contributed by atoms with Crippen LogP contribution >= 0.6 is 0 Å². The van der Waals surface area contributed by atoms with Crippen LogP contribution in [-0.4, -0.2) is 37.3 Å². The minimum Gasteiger partial charge on any atom is -0.365 e. The molecule has 4 saturated carbocycles. The maximum Gasteiger partial charge on any atom is 0.278 e. The lowest BCUT2D eigenvalue weighted by molar-refractivity contribution is -0.348. The van der Waals surface area contributed by atoms with E-state index < -0.39 is 23.1 Å². The highest BCUT2D eigenvalue weighted by Crippen LogP contribution is 2.74. The average molecular weight is 354 g/mol. The van der Waals surface area contributed by atoms with Gasteiger partial charge < -0.3 is 25.5 Å². The molecular weight excluding hydrogens is 320 g/mol. The van der Waals surface area contributed by atoms with Crippen LogP contribution in [0.5, 0.6) is 0 Å². The number of fused-ring (bicyclic) bond motifs is 3. The summed E-state index contributed by atoms with van der Waals surface area (Å²) in [4.78, 5) is 0. The summed E-state index contributed by atoms with van der Waals surface area (Å²) in [6.45, 7) is 6.58. The van der Waals surface area contributed by atoms with Gasteiger partial charge in [-0.15, -0.1) is 0 Å². The summed E-state index contributed by atoms with van der Waals surface area (Å²) in [7, 11) is 0. The van der Waals surface area contributed by atoms with Gasteiger partial charge in [-0.3, -0.25) is 0 Å². The van der Waals surface area contributed by atoms with Gasteiger partial charge in [0.25, 0.3) is 5.97 Å². The summed E-state index contributed by atoms with van der Waals surface area (Å²) >= 11 is 0. The van der Waals surface area contributed by atoms with Crippen molar-refractivity contribution in [2.45, 2.75) is 83.9 Å². The highest BCUT2D eigenvalue weighted by molar-refractivity contribution is 5.17. The van der Waals surface area contributed by atoms with Crippen LogP contribution in [0, 0.1) is 39.9 Å². The smallest absolute Gasteiger partial charge is 0.278 e. The Bertz CT molecular complexity index is 565. The molecule has 4 fully saturated rings. The maximum absolute atomic E-state index is 11.1. The van der Waals surface area contributed by atoms with Gasteiger partial charge >= 0.3 is 0 Å². The molecular formula is C20H34O5. The second kappa shape index (κ2) is 4.99. The molecule has 5 nitrogen and oxygen atoms in total. The Morgan fingerprint density at radius 3 is 2.12 bits per heavy atom. The molecule has 0 unspecified atom stereocenters. The van der Waals surface area contributed by atoms with Crippen LogP contribution in [0.4, 0.5) is 0 Å². The first-order valence-corrected chi connectivity index (χ1v) is 9.95. The van der Waals surface area contributed by atoms with Gasteiger partial charge in [0.1, 0.15) is 0 Å². The van der Waals surface area contributed by atoms with Crippen molar-refractivity contribution in [3.63, 3.8) is 0 Å². The Labute approximate surface area is 150 Å². The number of aliphatic hydroxyl groups is 5. The van der Waals surface area contributed by atoms with E-state index in [4.69, 9.17) is 0 Å². The minimum absolute atomic E-state index is 0.0782. The van der Waals surface area contributed by atoms with E-state index in [0.717, 1.165) is 38.5 Å². The van der Waals surface area contributed by atoms with Crippen molar-refractivity contribution in [3.05, 3.63) is 0 Å². The first-order valence-electron chi connectivity index (χ1n) is 9.95. The van der Waals surface area contributed by atoms with Crippen LogP contribution in [0.3, 0.4) is 0 Å². The molecule has 25 heavy (non-hydrogen) atoms. The van der Waals surface area contributed by atoms with E-state index in [-0.39, 0.29) is 28.6 Å². The van der Waals surface area contributed by atoms with Crippen molar-refractivity contribution < 1.29 is 25.5 Å². The quantitative estimate of drug-likeness (QED) is 0.463. The molecule has 0 radical (unpaired) electrons. The van der Waals surface area contributed by atoms with Crippen molar-refractivity contribution in [2.24, 2.45) is 39.9 Å². The first-order chi connectivity index (χ1) is 11.3. The van der Waals surface area contributed by atoms with E-state index in [1.54, 1.807) is 0 Å². The van der Waals surface area contributed by atoms with E-state index in [9.17, 15) is 25.5 Å². The highest BCUT2D eigenvalue weighted by Gasteiger charge is 2.71. The van der Waals surface area contributed by atoms with Crippen LogP contribution in [0.1, 0.15) is 72.1 Å². The third kappa shape index (κ3) is 2.26. The number of rotatable bonds is 1. The molecule has 5 N–H and O–H groups in total. The summed E-state index contributed by atoms with van der Waals surface area (Å²) in [6.07, 6.45) is 6.28. The fraction of sp³-hybridized carbons (Fsp3) is 1.00. The average Bonchev–Trinajstić information content (AvgIpc) is 2.75. The minimum atomic E-state index is -2.62. The Morgan fingerprint density at radius 1 is 0.800 bits per heavy atom. The normalized spacial score (nSPS) is 50.9. The van der Waals surface area contributed by atoms with Crippen molar-refractivity contribution in [3.8, 4) is 0 Å². The highest BCUT2D eigenvalue weighted by atomic mass is 16.7. The Morgan fingerprint density at radius 2 is 1.48 bits per heavy atom. The van der Waals surface area contributed by atoms with Crippen LogP contribution < -0.4 is 0 Å². The van der Waals surface area contributed by atoms with Crippen LogP contribution in [0.2, 0.25) is 0 Å². The third-order valence-electron chi connectivity index (χ3n) is 9.23. The summed E-state index contributed by atoms with van der Waals surface area (Å²) < 4.78 is 0. The molecule has 0 saturated heterocycles. The molecule has 5 heteroatoms. The molecule has 1 spiro atoms. The fourth-order valence-corrected chi connectivity index (χ4v) is 8.07. The van der Waals surface area contributed by atoms with Crippen molar-refractivity contribution in [1.82, 2.24) is 0 Å². The standard InChI is InChI=1S/C20H34O5/c1-16(2)8-9-19(21,22)17(3)14(16)6-7-18-10-12(4-5-15(17)18)13(11-18)20(23,24)25/h12-15,21-25H,4-11H2,1-3H3/t12-,13+,14-,15-,17-,18-/m0/s1. The predicted octanol–water partition coefficient (Wildman–Crippen LogP) is 1.96. The van der Waals surface area contributed by atoms with Crippen molar-refractivity contribution in [1.29, 1.82) is 0 Å². The molecule has 0 aromatic carbocycles. The van der Waals surface area contributed by atoms with Gasteiger partial charge in [0.15, 0.2) is 5.79 Å². The largest absolute Gasteiger partial charge is 0.365 e. The molecule has 4 rings (SSSR count). The SMILES string of the molecule is CC1(C)CCC(O)(O)[C@]2(C)[C@@H]3CC[C@H]4C[C@@]3(CC[C@@H]12)C[C@H]4C(O)(O)O. The van der Waals surface area contributed by atoms with E-state index in [2.05, 4.69) is 20.8 Å². The van der Waals surface area contributed by atoms with Gasteiger partial charge in [-0.2, -0.15) is 0 Å².